The first-order valence-corrected chi connectivity index (χ1v) is 8.98. The zero-order chi connectivity index (χ0) is 19.5. The van der Waals surface area contributed by atoms with Gasteiger partial charge in [0.05, 0.1) is 22.8 Å². The van der Waals surface area contributed by atoms with Crippen LogP contribution in [0, 0.1) is 34.0 Å². The molecule has 0 aromatic heterocycles. The van der Waals surface area contributed by atoms with E-state index < -0.39 is 0 Å². The van der Waals surface area contributed by atoms with Crippen molar-refractivity contribution >= 4 is 5.57 Å². The maximum absolute atomic E-state index is 9.57. The Morgan fingerprint density at radius 3 is 2.07 bits per heavy atom. The first-order chi connectivity index (χ1) is 13.7. The van der Waals surface area contributed by atoms with Crippen molar-refractivity contribution in [3.63, 3.8) is 0 Å². The standard InChI is InChI=1S/C25H15N3/c26-14-21-13-23(16-28)22(15-27)12-19(21)11-20-10-18-8-4-5-9-24(18)25(20)17-6-2-1-3-7-17/h1-9,12-13H,10-11H2. The Bertz CT molecular complexity index is 1230. The summed E-state index contributed by atoms with van der Waals surface area (Å²) in [7, 11) is 0. The minimum Gasteiger partial charge on any atom is -0.192 e. The van der Waals surface area contributed by atoms with Crippen molar-refractivity contribution in [2.75, 3.05) is 0 Å². The van der Waals surface area contributed by atoms with Gasteiger partial charge in [0.2, 0.25) is 0 Å². The highest BCUT2D eigenvalue weighted by Crippen LogP contribution is 2.39. The average Bonchev–Trinajstić information content (AvgIpc) is 3.11. The lowest BCUT2D eigenvalue weighted by atomic mass is 9.91. The molecule has 0 heterocycles. The van der Waals surface area contributed by atoms with Crippen LogP contribution >= 0.6 is 0 Å². The Morgan fingerprint density at radius 2 is 1.36 bits per heavy atom. The van der Waals surface area contributed by atoms with Gasteiger partial charge >= 0.3 is 0 Å². The van der Waals surface area contributed by atoms with Gasteiger partial charge < -0.3 is 0 Å². The van der Waals surface area contributed by atoms with E-state index in [0.717, 1.165) is 17.5 Å². The van der Waals surface area contributed by atoms with Gasteiger partial charge in [-0.25, -0.2) is 0 Å². The molecule has 0 bridgehead atoms. The van der Waals surface area contributed by atoms with Crippen LogP contribution in [0.1, 0.15) is 38.9 Å². The summed E-state index contributed by atoms with van der Waals surface area (Å²) in [5.74, 6) is 0. The summed E-state index contributed by atoms with van der Waals surface area (Å²) in [6, 6.07) is 28.1. The number of rotatable bonds is 3. The normalized spacial score (nSPS) is 12.0. The molecule has 0 saturated carbocycles. The molecule has 0 unspecified atom stereocenters. The molecule has 3 nitrogen and oxygen atoms in total. The molecule has 0 spiro atoms. The molecular weight excluding hydrogens is 342 g/mol. The molecule has 0 saturated heterocycles. The number of benzene rings is 3. The second-order valence-electron chi connectivity index (χ2n) is 6.75. The Balaban J connectivity index is 1.86. The van der Waals surface area contributed by atoms with Gasteiger partial charge in [0.1, 0.15) is 12.1 Å². The van der Waals surface area contributed by atoms with Crippen LogP contribution in [0.3, 0.4) is 0 Å². The third-order valence-corrected chi connectivity index (χ3v) is 5.12. The van der Waals surface area contributed by atoms with Crippen LogP contribution < -0.4 is 0 Å². The van der Waals surface area contributed by atoms with E-state index in [2.05, 4.69) is 36.4 Å². The molecular formula is C25H15N3. The minimum absolute atomic E-state index is 0.245. The molecule has 3 heteroatoms. The fraction of sp³-hybridized carbons (Fsp3) is 0.0800. The van der Waals surface area contributed by atoms with Crippen molar-refractivity contribution in [3.05, 3.63) is 111 Å². The van der Waals surface area contributed by atoms with E-state index >= 15 is 0 Å². The zero-order valence-electron chi connectivity index (χ0n) is 15.1. The van der Waals surface area contributed by atoms with Gasteiger partial charge in [-0.3, -0.25) is 0 Å². The second kappa shape index (κ2) is 7.24. The summed E-state index contributed by atoms with van der Waals surface area (Å²) in [4.78, 5) is 0. The maximum Gasteiger partial charge on any atom is 0.101 e. The molecule has 0 radical (unpaired) electrons. The second-order valence-corrected chi connectivity index (χ2v) is 6.75. The number of nitrogens with zero attached hydrogens (tertiary/aromatic N) is 3. The first-order valence-electron chi connectivity index (χ1n) is 8.98. The molecule has 4 rings (SSSR count). The van der Waals surface area contributed by atoms with Crippen LogP contribution in [0.2, 0.25) is 0 Å². The molecule has 0 N–H and O–H groups in total. The summed E-state index contributed by atoms with van der Waals surface area (Å²) in [6.07, 6.45) is 1.38. The summed E-state index contributed by atoms with van der Waals surface area (Å²) >= 11 is 0. The van der Waals surface area contributed by atoms with Crippen LogP contribution in [-0.2, 0) is 12.8 Å². The predicted molar refractivity (Wildman–Crippen MR) is 107 cm³/mol. The Morgan fingerprint density at radius 1 is 0.714 bits per heavy atom. The van der Waals surface area contributed by atoms with Gasteiger partial charge in [0, 0.05) is 0 Å². The van der Waals surface area contributed by atoms with Gasteiger partial charge in [-0.05, 0) is 52.8 Å². The number of hydrogen-bond donors (Lipinski definition) is 0. The lowest BCUT2D eigenvalue weighted by Gasteiger charge is -2.11. The number of fused-ring (bicyclic) bond motifs is 1. The van der Waals surface area contributed by atoms with Crippen molar-refractivity contribution in [1.82, 2.24) is 0 Å². The molecule has 0 atom stereocenters. The van der Waals surface area contributed by atoms with E-state index in [1.165, 1.54) is 28.3 Å². The quantitative estimate of drug-likeness (QED) is 0.669. The van der Waals surface area contributed by atoms with Gasteiger partial charge in [-0.15, -0.1) is 0 Å². The van der Waals surface area contributed by atoms with Crippen molar-refractivity contribution in [1.29, 1.82) is 15.8 Å². The van der Waals surface area contributed by atoms with Crippen molar-refractivity contribution in [3.8, 4) is 18.2 Å². The number of hydrogen-bond acceptors (Lipinski definition) is 3. The zero-order valence-corrected chi connectivity index (χ0v) is 15.1. The van der Waals surface area contributed by atoms with Gasteiger partial charge in [-0.2, -0.15) is 15.8 Å². The summed E-state index contributed by atoms with van der Waals surface area (Å²) in [5.41, 5.74) is 7.85. The van der Waals surface area contributed by atoms with Crippen molar-refractivity contribution < 1.29 is 0 Å². The lowest BCUT2D eigenvalue weighted by Crippen LogP contribution is -1.99. The summed E-state index contributed by atoms with van der Waals surface area (Å²) in [6.45, 7) is 0. The highest BCUT2D eigenvalue weighted by atomic mass is 14.3. The molecule has 3 aromatic rings. The van der Waals surface area contributed by atoms with Gasteiger partial charge in [0.25, 0.3) is 0 Å². The molecule has 3 aromatic carbocycles. The third kappa shape index (κ3) is 2.95. The molecule has 0 fully saturated rings. The van der Waals surface area contributed by atoms with Crippen molar-refractivity contribution in [2.45, 2.75) is 12.8 Å². The van der Waals surface area contributed by atoms with E-state index in [-0.39, 0.29) is 5.56 Å². The van der Waals surface area contributed by atoms with E-state index in [1.807, 2.05) is 36.4 Å². The Labute approximate surface area is 164 Å². The van der Waals surface area contributed by atoms with Crippen LogP contribution in [0.15, 0.2) is 72.3 Å². The minimum atomic E-state index is 0.245. The van der Waals surface area contributed by atoms with Gasteiger partial charge in [0.15, 0.2) is 0 Å². The molecule has 1 aliphatic rings. The molecule has 0 amide bonds. The van der Waals surface area contributed by atoms with Gasteiger partial charge in [-0.1, -0.05) is 60.2 Å². The largest absolute Gasteiger partial charge is 0.192 e. The SMILES string of the molecule is N#Cc1cc(C#N)c(CC2=C(c3ccccc3)c3ccccc3C2)cc1C#N. The Kier molecular flexibility index (Phi) is 4.47. The third-order valence-electron chi connectivity index (χ3n) is 5.12. The smallest absolute Gasteiger partial charge is 0.101 e. The van der Waals surface area contributed by atoms with E-state index in [4.69, 9.17) is 0 Å². The summed E-state index contributed by atoms with van der Waals surface area (Å²) in [5, 5.41) is 28.2. The molecule has 28 heavy (non-hydrogen) atoms. The Hall–Kier alpha value is -4.13. The van der Waals surface area contributed by atoms with Crippen LogP contribution in [0.5, 0.6) is 0 Å². The highest BCUT2D eigenvalue weighted by molar-refractivity contribution is 5.87. The lowest BCUT2D eigenvalue weighted by molar-refractivity contribution is 1.06. The maximum atomic E-state index is 9.57. The monoisotopic (exact) mass is 357 g/mol. The molecule has 1 aliphatic carbocycles. The van der Waals surface area contributed by atoms with E-state index in [9.17, 15) is 15.8 Å². The fourth-order valence-electron chi connectivity index (χ4n) is 3.85. The highest BCUT2D eigenvalue weighted by Gasteiger charge is 2.23. The van der Waals surface area contributed by atoms with Crippen LogP contribution in [-0.4, -0.2) is 0 Å². The van der Waals surface area contributed by atoms with Crippen LogP contribution in [0.25, 0.3) is 5.57 Å². The fourth-order valence-corrected chi connectivity index (χ4v) is 3.85. The average molecular weight is 357 g/mol. The predicted octanol–water partition coefficient (Wildman–Crippen LogP) is 4.90. The van der Waals surface area contributed by atoms with E-state index in [0.29, 0.717) is 17.5 Å². The van der Waals surface area contributed by atoms with E-state index in [1.54, 1.807) is 6.07 Å². The van der Waals surface area contributed by atoms with Crippen molar-refractivity contribution in [2.24, 2.45) is 0 Å². The summed E-state index contributed by atoms with van der Waals surface area (Å²) < 4.78 is 0. The topological polar surface area (TPSA) is 71.4 Å². The van der Waals surface area contributed by atoms with Crippen LogP contribution in [0.4, 0.5) is 0 Å². The first kappa shape index (κ1) is 17.3. The number of nitriles is 3. The molecule has 0 aliphatic heterocycles. The number of allylic oxidation sites excluding steroid dienone is 1. The molecule has 130 valence electrons.